The molecule has 0 unspecified atom stereocenters. The van der Waals surface area contributed by atoms with Gasteiger partial charge in [0.25, 0.3) is 0 Å². The van der Waals surface area contributed by atoms with Crippen molar-refractivity contribution in [1.82, 2.24) is 4.98 Å². The number of hydrogen-bond acceptors (Lipinski definition) is 3. The van der Waals surface area contributed by atoms with Crippen LogP contribution in [0.25, 0.3) is 10.2 Å². The van der Waals surface area contributed by atoms with Gasteiger partial charge in [0.1, 0.15) is 0 Å². The van der Waals surface area contributed by atoms with Crippen LogP contribution in [-0.2, 0) is 10.2 Å². The third-order valence-electron chi connectivity index (χ3n) is 2.84. The average molecular weight is 249 g/mol. The molecular weight excluding hydrogens is 234 g/mol. The van der Waals surface area contributed by atoms with Gasteiger partial charge in [-0.2, -0.15) is 0 Å². The molecule has 2 aromatic rings. The van der Waals surface area contributed by atoms with Crippen molar-refractivity contribution in [3.8, 4) is 0 Å². The Labute approximate surface area is 104 Å². The van der Waals surface area contributed by atoms with E-state index in [1.54, 1.807) is 11.3 Å². The zero-order chi connectivity index (χ0) is 12.6. The van der Waals surface area contributed by atoms with Crippen molar-refractivity contribution >= 4 is 27.5 Å². The summed E-state index contributed by atoms with van der Waals surface area (Å²) in [5, 5.41) is 9.99. The number of thiazole rings is 1. The second kappa shape index (κ2) is 4.11. The molecule has 0 saturated heterocycles. The van der Waals surface area contributed by atoms with Crippen LogP contribution in [0.4, 0.5) is 0 Å². The van der Waals surface area contributed by atoms with E-state index < -0.39 is 5.97 Å². The summed E-state index contributed by atoms with van der Waals surface area (Å²) in [6.45, 7) is 5.90. The highest BCUT2D eigenvalue weighted by Gasteiger charge is 2.26. The highest BCUT2D eigenvalue weighted by atomic mass is 32.1. The molecule has 0 aliphatic rings. The maximum atomic E-state index is 10.9. The van der Waals surface area contributed by atoms with Crippen LogP contribution in [0, 0.1) is 6.92 Å². The van der Waals surface area contributed by atoms with Crippen molar-refractivity contribution in [2.24, 2.45) is 0 Å². The summed E-state index contributed by atoms with van der Waals surface area (Å²) in [4.78, 5) is 15.4. The number of hydrogen-bond donors (Lipinski definition) is 1. The topological polar surface area (TPSA) is 50.2 Å². The van der Waals surface area contributed by atoms with Gasteiger partial charge in [0.2, 0.25) is 0 Å². The number of carboxylic acid groups (broad SMARTS) is 1. The van der Waals surface area contributed by atoms with Crippen molar-refractivity contribution in [2.45, 2.75) is 32.6 Å². The summed E-state index contributed by atoms with van der Waals surface area (Å²) in [7, 11) is 0. The van der Waals surface area contributed by atoms with Crippen LogP contribution in [0.1, 0.15) is 30.8 Å². The van der Waals surface area contributed by atoms with Crippen LogP contribution in [0.3, 0.4) is 0 Å². The molecule has 4 heteroatoms. The minimum absolute atomic E-state index is 0.128. The molecule has 3 nitrogen and oxygen atoms in total. The van der Waals surface area contributed by atoms with Gasteiger partial charge in [0, 0.05) is 5.41 Å². The summed E-state index contributed by atoms with van der Waals surface area (Å²) in [5.41, 5.74) is 1.66. The van der Waals surface area contributed by atoms with Crippen LogP contribution >= 0.6 is 11.3 Å². The van der Waals surface area contributed by atoms with Crippen molar-refractivity contribution in [3.05, 3.63) is 28.8 Å². The third-order valence-corrected chi connectivity index (χ3v) is 3.86. The Morgan fingerprint density at radius 3 is 2.82 bits per heavy atom. The quantitative estimate of drug-likeness (QED) is 0.907. The summed E-state index contributed by atoms with van der Waals surface area (Å²) >= 11 is 1.63. The van der Waals surface area contributed by atoms with Crippen LogP contribution in [0.5, 0.6) is 0 Å². The van der Waals surface area contributed by atoms with Gasteiger partial charge in [-0.3, -0.25) is 4.79 Å². The molecule has 0 spiro atoms. The van der Waals surface area contributed by atoms with E-state index in [0.29, 0.717) is 0 Å². The zero-order valence-electron chi connectivity index (χ0n) is 10.2. The standard InChI is InChI=1S/C13H15NO2S/c1-8-14-10-6-4-5-9(12(10)17-8)13(2,3)7-11(15)16/h4-6H,7H2,1-3H3,(H,15,16). The normalized spacial score (nSPS) is 11.9. The molecule has 1 aromatic heterocycles. The van der Waals surface area contributed by atoms with Crippen molar-refractivity contribution in [1.29, 1.82) is 0 Å². The molecule has 0 fully saturated rings. The monoisotopic (exact) mass is 249 g/mol. The zero-order valence-corrected chi connectivity index (χ0v) is 11.0. The highest BCUT2D eigenvalue weighted by Crippen LogP contribution is 2.35. The number of aromatic nitrogens is 1. The van der Waals surface area contributed by atoms with Crippen LogP contribution in [0.15, 0.2) is 18.2 Å². The molecule has 0 aliphatic carbocycles. The van der Waals surface area contributed by atoms with E-state index in [1.807, 2.05) is 39.0 Å². The minimum Gasteiger partial charge on any atom is -0.481 e. The molecule has 1 heterocycles. The maximum absolute atomic E-state index is 10.9. The van der Waals surface area contributed by atoms with Crippen LogP contribution in [0.2, 0.25) is 0 Å². The lowest BCUT2D eigenvalue weighted by Crippen LogP contribution is -2.21. The Bertz CT molecular complexity index is 572. The first-order chi connectivity index (χ1) is 7.90. The van der Waals surface area contributed by atoms with Gasteiger partial charge in [-0.25, -0.2) is 4.98 Å². The van der Waals surface area contributed by atoms with Gasteiger partial charge in [-0.15, -0.1) is 11.3 Å². The Balaban J connectivity index is 2.57. The predicted molar refractivity (Wildman–Crippen MR) is 69.6 cm³/mol. The molecule has 0 aliphatic heterocycles. The molecule has 0 bridgehead atoms. The SMILES string of the molecule is Cc1nc2cccc(C(C)(C)CC(=O)O)c2s1. The predicted octanol–water partition coefficient (Wildman–Crippen LogP) is 3.36. The molecule has 90 valence electrons. The Morgan fingerprint density at radius 2 is 2.18 bits per heavy atom. The molecular formula is C13H15NO2S. The fraction of sp³-hybridized carbons (Fsp3) is 0.385. The fourth-order valence-corrected chi connectivity index (χ4v) is 3.18. The van der Waals surface area contributed by atoms with E-state index in [9.17, 15) is 4.79 Å². The third kappa shape index (κ3) is 2.31. The van der Waals surface area contributed by atoms with Gasteiger partial charge in [-0.1, -0.05) is 26.0 Å². The molecule has 0 atom stereocenters. The summed E-state index contributed by atoms with van der Waals surface area (Å²) in [6, 6.07) is 5.92. The molecule has 17 heavy (non-hydrogen) atoms. The fourth-order valence-electron chi connectivity index (χ4n) is 2.07. The van der Waals surface area contributed by atoms with Crippen molar-refractivity contribution in [3.63, 3.8) is 0 Å². The van der Waals surface area contributed by atoms with Gasteiger partial charge >= 0.3 is 5.97 Å². The van der Waals surface area contributed by atoms with Gasteiger partial charge < -0.3 is 5.11 Å². The van der Waals surface area contributed by atoms with E-state index in [0.717, 1.165) is 20.8 Å². The first-order valence-corrected chi connectivity index (χ1v) is 6.30. The number of aliphatic carboxylic acids is 1. The molecule has 1 N–H and O–H groups in total. The lowest BCUT2D eigenvalue weighted by atomic mass is 9.81. The largest absolute Gasteiger partial charge is 0.481 e. The number of carboxylic acids is 1. The molecule has 1 aromatic carbocycles. The highest BCUT2D eigenvalue weighted by molar-refractivity contribution is 7.18. The Morgan fingerprint density at radius 1 is 1.47 bits per heavy atom. The first-order valence-electron chi connectivity index (χ1n) is 5.48. The van der Waals surface area contributed by atoms with Crippen molar-refractivity contribution in [2.75, 3.05) is 0 Å². The Hall–Kier alpha value is -1.42. The number of nitrogens with zero attached hydrogens (tertiary/aromatic N) is 1. The molecule has 0 radical (unpaired) electrons. The van der Waals surface area contributed by atoms with E-state index in [-0.39, 0.29) is 11.8 Å². The van der Waals surface area contributed by atoms with E-state index in [2.05, 4.69) is 4.98 Å². The molecule has 0 saturated carbocycles. The van der Waals surface area contributed by atoms with E-state index >= 15 is 0 Å². The molecule has 0 amide bonds. The van der Waals surface area contributed by atoms with Crippen molar-refractivity contribution < 1.29 is 9.90 Å². The van der Waals surface area contributed by atoms with E-state index in [4.69, 9.17) is 5.11 Å². The second-order valence-corrected chi connectivity index (χ2v) is 6.04. The average Bonchev–Trinajstić information content (AvgIpc) is 2.54. The number of rotatable bonds is 3. The van der Waals surface area contributed by atoms with E-state index in [1.165, 1.54) is 0 Å². The maximum Gasteiger partial charge on any atom is 0.304 e. The van der Waals surface area contributed by atoms with Crippen LogP contribution in [-0.4, -0.2) is 16.1 Å². The van der Waals surface area contributed by atoms with Gasteiger partial charge in [-0.05, 0) is 18.6 Å². The number of carbonyl (C=O) groups is 1. The first kappa shape index (κ1) is 12.0. The lowest BCUT2D eigenvalue weighted by Gasteiger charge is -2.23. The van der Waals surface area contributed by atoms with Gasteiger partial charge in [0.05, 0.1) is 21.6 Å². The Kier molecular flexibility index (Phi) is 2.91. The number of fused-ring (bicyclic) bond motifs is 1. The minimum atomic E-state index is -0.770. The second-order valence-electron chi connectivity index (χ2n) is 4.84. The molecule has 2 rings (SSSR count). The lowest BCUT2D eigenvalue weighted by molar-refractivity contribution is -0.138. The number of benzene rings is 1. The smallest absolute Gasteiger partial charge is 0.304 e. The summed E-state index contributed by atoms with van der Waals surface area (Å²) < 4.78 is 1.11. The van der Waals surface area contributed by atoms with Gasteiger partial charge in [0.15, 0.2) is 0 Å². The number of aryl methyl sites for hydroxylation is 1. The summed E-state index contributed by atoms with van der Waals surface area (Å²) in [5.74, 6) is -0.770. The summed E-state index contributed by atoms with van der Waals surface area (Å²) in [6.07, 6.45) is 0.128. The van der Waals surface area contributed by atoms with Crippen LogP contribution < -0.4 is 0 Å².